The molecule has 2 aliphatic heterocycles. The number of hydrogen-bond acceptors (Lipinski definition) is 13. The Morgan fingerprint density at radius 1 is 1.04 bits per heavy atom. The number of anilines is 2. The van der Waals surface area contributed by atoms with Gasteiger partial charge < -0.3 is 29.7 Å². The first-order valence-electron chi connectivity index (χ1n) is 17.2. The second-order valence-corrected chi connectivity index (χ2v) is 15.8. The number of para-hydroxylation sites is 1. The monoisotopic (exact) mass is 799 g/mol. The highest BCUT2D eigenvalue weighted by atomic mass is 32.2. The zero-order valence-corrected chi connectivity index (χ0v) is 32.3. The lowest BCUT2D eigenvalue weighted by atomic mass is 10.0. The van der Waals surface area contributed by atoms with Crippen LogP contribution in [0.5, 0.6) is 5.75 Å². The molecule has 17 heteroatoms. The number of amides is 3. The number of thiazole rings is 1. The fourth-order valence-electron chi connectivity index (χ4n) is 5.78. The zero-order chi connectivity index (χ0) is 40.0. The number of esters is 2. The summed E-state index contributed by atoms with van der Waals surface area (Å²) in [6.45, 7) is 6.13. The summed E-state index contributed by atoms with van der Waals surface area (Å²) >= 11 is 1.02. The van der Waals surface area contributed by atoms with Crippen LogP contribution >= 0.6 is 11.3 Å². The van der Waals surface area contributed by atoms with Gasteiger partial charge in [0, 0.05) is 11.1 Å². The number of nitrogens with zero attached hydrogens (tertiary/aromatic N) is 3. The first-order chi connectivity index (χ1) is 26.8. The van der Waals surface area contributed by atoms with E-state index in [0.717, 1.165) is 27.4 Å². The predicted octanol–water partition coefficient (Wildman–Crippen LogP) is 4.62. The summed E-state index contributed by atoms with van der Waals surface area (Å²) in [5.41, 5.74) is 0.963. The summed E-state index contributed by atoms with van der Waals surface area (Å²) in [5, 5.41) is 9.60. The van der Waals surface area contributed by atoms with Crippen LogP contribution < -0.4 is 15.4 Å². The van der Waals surface area contributed by atoms with Crippen LogP contribution in [-0.2, 0) is 49.1 Å². The van der Waals surface area contributed by atoms with Crippen molar-refractivity contribution in [3.05, 3.63) is 118 Å². The van der Waals surface area contributed by atoms with E-state index in [9.17, 15) is 28.2 Å². The minimum Gasteiger partial charge on any atom is -0.475 e. The summed E-state index contributed by atoms with van der Waals surface area (Å²) in [6, 6.07) is 23.2. The number of β-lactam (4-membered cyclic amide) rings is 1. The number of carbonyl (C=O) groups is 5. The van der Waals surface area contributed by atoms with E-state index in [0.29, 0.717) is 12.0 Å². The fourth-order valence-corrected chi connectivity index (χ4v) is 7.86. The smallest absolute Gasteiger partial charge is 0.355 e. The molecule has 0 radical (unpaired) electrons. The average molecular weight is 800 g/mol. The van der Waals surface area contributed by atoms with Crippen LogP contribution in [-0.4, -0.2) is 79.4 Å². The number of carbonyl (C=O) groups excluding carboxylic acids is 5. The lowest BCUT2D eigenvalue weighted by Crippen LogP contribution is -2.70. The molecule has 0 aliphatic carbocycles. The molecule has 0 saturated carbocycles. The Balaban J connectivity index is 1.20. The van der Waals surface area contributed by atoms with Gasteiger partial charge in [0.05, 0.1) is 16.5 Å². The van der Waals surface area contributed by atoms with Crippen LogP contribution in [0.2, 0.25) is 0 Å². The van der Waals surface area contributed by atoms with Crippen LogP contribution in [0.1, 0.15) is 49.3 Å². The van der Waals surface area contributed by atoms with Gasteiger partial charge in [0.2, 0.25) is 19.1 Å². The van der Waals surface area contributed by atoms with Crippen molar-refractivity contribution in [2.45, 2.75) is 50.9 Å². The molecule has 4 aromatic rings. The number of fused-ring (bicyclic) bond motifs is 1. The van der Waals surface area contributed by atoms with E-state index >= 15 is 0 Å². The second-order valence-electron chi connectivity index (χ2n) is 13.4. The predicted molar refractivity (Wildman–Crippen MR) is 207 cm³/mol. The molecule has 0 bridgehead atoms. The Kier molecular flexibility index (Phi) is 12.0. The van der Waals surface area contributed by atoms with Crippen LogP contribution in [0.15, 0.2) is 101 Å². The van der Waals surface area contributed by atoms with E-state index in [2.05, 4.69) is 20.8 Å². The standard InChI is InChI=1S/C39H37N5O10S2/c1-23-12-11-17-28(30(23)42-34(47)31(26-21-55-38(41-26)40-22-45)43-51-20-29(46)54-39(2,3)4)52-33-35(48)44-27(18-19-56(50)36(33)44)37(49)53-32(24-13-7-5-8-14-24)25-15-9-6-10-16-25/h5-18,21-22,32-33,36H,19-20H2,1-4H3,(H,42,47)(H,40,41,45)/b43-31+/t33?,36-,56?/m1/s1. The highest BCUT2D eigenvalue weighted by Gasteiger charge is 2.57. The molecule has 3 amide bonds. The number of aromatic nitrogens is 1. The Bertz CT molecular complexity index is 2180. The maximum absolute atomic E-state index is 13.8. The normalized spacial score (nSPS) is 17.8. The van der Waals surface area contributed by atoms with Gasteiger partial charge in [-0.2, -0.15) is 0 Å². The fraction of sp³-hybridized carbons (Fsp3) is 0.256. The highest BCUT2D eigenvalue weighted by molar-refractivity contribution is 7.86. The van der Waals surface area contributed by atoms with Gasteiger partial charge in [-0.05, 0) is 56.5 Å². The van der Waals surface area contributed by atoms with Crippen molar-refractivity contribution >= 4 is 68.8 Å². The first-order valence-corrected chi connectivity index (χ1v) is 19.5. The summed E-state index contributed by atoms with van der Waals surface area (Å²) in [4.78, 5) is 75.1. The quantitative estimate of drug-likeness (QED) is 0.0595. The molecule has 1 fully saturated rings. The van der Waals surface area contributed by atoms with Crippen molar-refractivity contribution in [3.63, 3.8) is 0 Å². The van der Waals surface area contributed by atoms with Gasteiger partial charge in [-0.25, -0.2) is 14.6 Å². The van der Waals surface area contributed by atoms with E-state index in [1.807, 2.05) is 60.7 Å². The Morgan fingerprint density at radius 2 is 1.71 bits per heavy atom. The van der Waals surface area contributed by atoms with Gasteiger partial charge in [-0.15, -0.1) is 11.3 Å². The third-order valence-electron chi connectivity index (χ3n) is 8.23. The molecular formula is C39H37N5O10S2. The molecular weight excluding hydrogens is 763 g/mol. The topological polar surface area (TPSA) is 192 Å². The minimum atomic E-state index is -1.65. The molecule has 2 unspecified atom stereocenters. The second kappa shape index (κ2) is 17.1. The maximum atomic E-state index is 13.8. The van der Waals surface area contributed by atoms with Crippen LogP contribution in [0.3, 0.4) is 0 Å². The number of rotatable bonds is 14. The minimum absolute atomic E-state index is 0.0208. The van der Waals surface area contributed by atoms with Gasteiger partial charge in [0.25, 0.3) is 11.8 Å². The third-order valence-corrected chi connectivity index (χ3v) is 10.5. The van der Waals surface area contributed by atoms with E-state index in [1.54, 1.807) is 39.8 Å². The van der Waals surface area contributed by atoms with Crippen molar-refractivity contribution in [1.29, 1.82) is 0 Å². The molecule has 2 aliphatic rings. The molecule has 3 atom stereocenters. The molecule has 3 aromatic carbocycles. The SMILES string of the molecule is Cc1cccc(OC2C(=O)N3C(C(=O)OC(c4ccccc4)c4ccccc4)=CCS(=O)[C@H]23)c1NC(=O)/C(=N/OCC(=O)OC(C)(C)C)c1csc(NC=O)n1. The van der Waals surface area contributed by atoms with Gasteiger partial charge in [-0.1, -0.05) is 78.0 Å². The number of ether oxygens (including phenoxy) is 3. The van der Waals surface area contributed by atoms with Crippen molar-refractivity contribution < 1.29 is 47.2 Å². The van der Waals surface area contributed by atoms with Crippen molar-refractivity contribution in [2.75, 3.05) is 23.0 Å². The molecule has 0 spiro atoms. The number of nitrogens with one attached hydrogen (secondary N) is 2. The number of hydrogen-bond donors (Lipinski definition) is 2. The summed E-state index contributed by atoms with van der Waals surface area (Å²) in [6.07, 6.45) is -0.197. The Morgan fingerprint density at radius 3 is 2.36 bits per heavy atom. The molecule has 1 saturated heterocycles. The van der Waals surface area contributed by atoms with Crippen LogP contribution in [0, 0.1) is 6.92 Å². The van der Waals surface area contributed by atoms with Crippen LogP contribution in [0.4, 0.5) is 10.8 Å². The van der Waals surface area contributed by atoms with E-state index in [1.165, 1.54) is 17.5 Å². The maximum Gasteiger partial charge on any atom is 0.355 e. The molecule has 2 N–H and O–H groups in total. The lowest BCUT2D eigenvalue weighted by molar-refractivity contribution is -0.160. The van der Waals surface area contributed by atoms with Gasteiger partial charge >= 0.3 is 11.9 Å². The van der Waals surface area contributed by atoms with Crippen molar-refractivity contribution in [3.8, 4) is 5.75 Å². The summed E-state index contributed by atoms with van der Waals surface area (Å²) < 4.78 is 30.8. The summed E-state index contributed by atoms with van der Waals surface area (Å²) in [7, 11) is -1.65. The zero-order valence-electron chi connectivity index (χ0n) is 30.6. The van der Waals surface area contributed by atoms with Gasteiger partial charge in [0.1, 0.15) is 22.7 Å². The Hall–Kier alpha value is -6.20. The first kappa shape index (κ1) is 39.5. The van der Waals surface area contributed by atoms with Crippen molar-refractivity contribution in [2.24, 2.45) is 5.16 Å². The number of aryl methyl sites for hydroxylation is 1. The lowest BCUT2D eigenvalue weighted by Gasteiger charge is -2.47. The highest BCUT2D eigenvalue weighted by Crippen LogP contribution is 2.39. The molecule has 1 aromatic heterocycles. The largest absolute Gasteiger partial charge is 0.475 e. The molecule has 290 valence electrons. The van der Waals surface area contributed by atoms with E-state index < -0.39 is 64.3 Å². The number of benzene rings is 3. The van der Waals surface area contributed by atoms with E-state index in [4.69, 9.17) is 19.0 Å². The Labute approximate surface area is 328 Å². The number of oxime groups is 1. The van der Waals surface area contributed by atoms with Gasteiger partial charge in [-0.3, -0.25) is 23.5 Å². The third kappa shape index (κ3) is 9.01. The molecule has 15 nitrogen and oxygen atoms in total. The summed E-state index contributed by atoms with van der Waals surface area (Å²) in [5.74, 6) is -2.93. The van der Waals surface area contributed by atoms with Crippen molar-refractivity contribution in [1.82, 2.24) is 9.88 Å². The molecule has 3 heterocycles. The van der Waals surface area contributed by atoms with E-state index in [-0.39, 0.29) is 39.4 Å². The molecule has 6 rings (SSSR count). The average Bonchev–Trinajstić information content (AvgIpc) is 3.63. The van der Waals surface area contributed by atoms with Crippen LogP contribution in [0.25, 0.3) is 0 Å². The van der Waals surface area contributed by atoms with Gasteiger partial charge in [0.15, 0.2) is 22.3 Å². The molecule has 56 heavy (non-hydrogen) atoms.